The maximum atomic E-state index is 3.55. The molecular weight excluding hydrogens is 208 g/mol. The lowest BCUT2D eigenvalue weighted by Gasteiger charge is -2.10. The van der Waals surface area contributed by atoms with Gasteiger partial charge in [-0.3, -0.25) is 0 Å². The van der Waals surface area contributed by atoms with E-state index in [0.29, 0.717) is 0 Å². The Morgan fingerprint density at radius 2 is 2.18 bits per heavy atom. The Labute approximate surface area is 105 Å². The molecular formula is C15H24N2. The molecule has 1 aliphatic rings. The Balaban J connectivity index is 1.68. The van der Waals surface area contributed by atoms with E-state index in [9.17, 15) is 0 Å². The smallest absolute Gasteiger partial charge is 0.0205 e. The quantitative estimate of drug-likeness (QED) is 0.762. The summed E-state index contributed by atoms with van der Waals surface area (Å²) in [5, 5.41) is 6.96. The van der Waals surface area contributed by atoms with Crippen molar-refractivity contribution in [3.05, 3.63) is 34.9 Å². The van der Waals surface area contributed by atoms with Crippen LogP contribution in [0.5, 0.6) is 0 Å². The van der Waals surface area contributed by atoms with Gasteiger partial charge in [-0.05, 0) is 68.9 Å². The predicted octanol–water partition coefficient (Wildman–Crippen LogP) is 2.39. The van der Waals surface area contributed by atoms with Crippen LogP contribution in [0.15, 0.2) is 18.2 Å². The molecule has 1 atom stereocenters. The van der Waals surface area contributed by atoms with E-state index in [4.69, 9.17) is 0 Å². The average Bonchev–Trinajstić information content (AvgIpc) is 2.82. The number of benzene rings is 1. The average molecular weight is 232 g/mol. The lowest BCUT2D eigenvalue weighted by molar-refractivity contribution is 0.500. The SMILES string of the molecule is Cc1ccc(CNCCC2CCNC2)cc1C. The topological polar surface area (TPSA) is 24.1 Å². The molecule has 0 saturated carbocycles. The molecule has 1 aliphatic heterocycles. The van der Waals surface area contributed by atoms with Crippen molar-refractivity contribution < 1.29 is 0 Å². The second-order valence-electron chi connectivity index (χ2n) is 5.24. The van der Waals surface area contributed by atoms with Gasteiger partial charge in [-0.25, -0.2) is 0 Å². The van der Waals surface area contributed by atoms with Gasteiger partial charge >= 0.3 is 0 Å². The van der Waals surface area contributed by atoms with Crippen LogP contribution in [0, 0.1) is 19.8 Å². The Kier molecular flexibility index (Phi) is 4.57. The van der Waals surface area contributed by atoms with Gasteiger partial charge in [-0.1, -0.05) is 18.2 Å². The summed E-state index contributed by atoms with van der Waals surface area (Å²) in [6.07, 6.45) is 2.66. The van der Waals surface area contributed by atoms with Crippen molar-refractivity contribution in [2.45, 2.75) is 33.2 Å². The number of nitrogens with one attached hydrogen (secondary N) is 2. The molecule has 2 N–H and O–H groups in total. The summed E-state index contributed by atoms with van der Waals surface area (Å²) in [6.45, 7) is 8.91. The Morgan fingerprint density at radius 1 is 1.29 bits per heavy atom. The highest BCUT2D eigenvalue weighted by Crippen LogP contribution is 2.12. The first-order valence-electron chi connectivity index (χ1n) is 6.73. The van der Waals surface area contributed by atoms with Crippen LogP contribution in [0.3, 0.4) is 0 Å². The molecule has 94 valence electrons. The van der Waals surface area contributed by atoms with Gasteiger partial charge in [0, 0.05) is 6.54 Å². The first-order chi connectivity index (χ1) is 8.25. The lowest BCUT2D eigenvalue weighted by atomic mass is 10.0. The fraction of sp³-hybridized carbons (Fsp3) is 0.600. The highest BCUT2D eigenvalue weighted by atomic mass is 14.9. The van der Waals surface area contributed by atoms with E-state index in [1.165, 1.54) is 42.6 Å². The van der Waals surface area contributed by atoms with Gasteiger partial charge in [0.2, 0.25) is 0 Å². The van der Waals surface area contributed by atoms with Gasteiger partial charge in [-0.15, -0.1) is 0 Å². The number of hydrogen-bond donors (Lipinski definition) is 2. The zero-order valence-corrected chi connectivity index (χ0v) is 11.1. The summed E-state index contributed by atoms with van der Waals surface area (Å²) < 4.78 is 0. The summed E-state index contributed by atoms with van der Waals surface area (Å²) in [7, 11) is 0. The lowest BCUT2D eigenvalue weighted by Crippen LogP contribution is -2.19. The van der Waals surface area contributed by atoms with Crippen molar-refractivity contribution in [3.8, 4) is 0 Å². The number of hydrogen-bond acceptors (Lipinski definition) is 2. The zero-order chi connectivity index (χ0) is 12.1. The number of rotatable bonds is 5. The summed E-state index contributed by atoms with van der Waals surface area (Å²) in [5.41, 5.74) is 4.17. The van der Waals surface area contributed by atoms with E-state index in [0.717, 1.165) is 19.0 Å². The largest absolute Gasteiger partial charge is 0.316 e. The summed E-state index contributed by atoms with van der Waals surface area (Å²) in [4.78, 5) is 0. The molecule has 1 heterocycles. The summed E-state index contributed by atoms with van der Waals surface area (Å²) >= 11 is 0. The van der Waals surface area contributed by atoms with Gasteiger partial charge in [0.25, 0.3) is 0 Å². The standard InChI is InChI=1S/C15H24N2/c1-12-3-4-15(9-13(12)2)11-17-8-6-14-5-7-16-10-14/h3-4,9,14,16-17H,5-8,10-11H2,1-2H3. The zero-order valence-electron chi connectivity index (χ0n) is 11.1. The second-order valence-corrected chi connectivity index (χ2v) is 5.24. The van der Waals surface area contributed by atoms with Crippen molar-refractivity contribution >= 4 is 0 Å². The van der Waals surface area contributed by atoms with Crippen LogP contribution in [0.25, 0.3) is 0 Å². The van der Waals surface area contributed by atoms with E-state index in [2.05, 4.69) is 42.7 Å². The molecule has 1 fully saturated rings. The molecule has 1 aromatic carbocycles. The van der Waals surface area contributed by atoms with Crippen molar-refractivity contribution in [2.75, 3.05) is 19.6 Å². The predicted molar refractivity (Wildman–Crippen MR) is 73.2 cm³/mol. The van der Waals surface area contributed by atoms with Crippen LogP contribution in [0.1, 0.15) is 29.5 Å². The van der Waals surface area contributed by atoms with E-state index < -0.39 is 0 Å². The minimum atomic E-state index is 0.891. The Bertz CT molecular complexity index is 354. The first kappa shape index (κ1) is 12.6. The third kappa shape index (κ3) is 3.83. The van der Waals surface area contributed by atoms with E-state index in [-0.39, 0.29) is 0 Å². The van der Waals surface area contributed by atoms with Gasteiger partial charge in [0.05, 0.1) is 0 Å². The molecule has 0 aliphatic carbocycles. The van der Waals surface area contributed by atoms with Crippen LogP contribution in [-0.2, 0) is 6.54 Å². The highest BCUT2D eigenvalue weighted by Gasteiger charge is 2.13. The number of aryl methyl sites for hydroxylation is 2. The Hall–Kier alpha value is -0.860. The molecule has 2 rings (SSSR count). The van der Waals surface area contributed by atoms with Crippen molar-refractivity contribution in [3.63, 3.8) is 0 Å². The molecule has 0 aromatic heterocycles. The fourth-order valence-corrected chi connectivity index (χ4v) is 2.41. The van der Waals surface area contributed by atoms with Gasteiger partial charge < -0.3 is 10.6 Å². The summed E-state index contributed by atoms with van der Waals surface area (Å²) in [6, 6.07) is 6.74. The third-order valence-corrected chi connectivity index (χ3v) is 3.79. The molecule has 1 unspecified atom stereocenters. The van der Waals surface area contributed by atoms with Gasteiger partial charge in [0.15, 0.2) is 0 Å². The van der Waals surface area contributed by atoms with E-state index in [1.807, 2.05) is 0 Å². The van der Waals surface area contributed by atoms with Crippen LogP contribution in [0.2, 0.25) is 0 Å². The molecule has 0 amide bonds. The molecule has 2 heteroatoms. The molecule has 1 saturated heterocycles. The van der Waals surface area contributed by atoms with Crippen LogP contribution in [0.4, 0.5) is 0 Å². The normalized spacial score (nSPS) is 19.8. The van der Waals surface area contributed by atoms with Crippen molar-refractivity contribution in [2.24, 2.45) is 5.92 Å². The van der Waals surface area contributed by atoms with Crippen LogP contribution in [-0.4, -0.2) is 19.6 Å². The van der Waals surface area contributed by atoms with E-state index in [1.54, 1.807) is 0 Å². The molecule has 0 spiro atoms. The van der Waals surface area contributed by atoms with Gasteiger partial charge in [-0.2, -0.15) is 0 Å². The maximum absolute atomic E-state index is 3.55. The van der Waals surface area contributed by atoms with Crippen LogP contribution >= 0.6 is 0 Å². The summed E-state index contributed by atoms with van der Waals surface area (Å²) in [5.74, 6) is 0.891. The monoisotopic (exact) mass is 232 g/mol. The van der Waals surface area contributed by atoms with Crippen molar-refractivity contribution in [1.82, 2.24) is 10.6 Å². The molecule has 1 aromatic rings. The molecule has 0 bridgehead atoms. The fourth-order valence-electron chi connectivity index (χ4n) is 2.41. The second kappa shape index (κ2) is 6.18. The first-order valence-corrected chi connectivity index (χ1v) is 6.73. The Morgan fingerprint density at radius 3 is 2.88 bits per heavy atom. The minimum absolute atomic E-state index is 0.891. The highest BCUT2D eigenvalue weighted by molar-refractivity contribution is 5.29. The minimum Gasteiger partial charge on any atom is -0.316 e. The van der Waals surface area contributed by atoms with Crippen LogP contribution < -0.4 is 10.6 Å². The third-order valence-electron chi connectivity index (χ3n) is 3.79. The van der Waals surface area contributed by atoms with Crippen molar-refractivity contribution in [1.29, 1.82) is 0 Å². The van der Waals surface area contributed by atoms with Gasteiger partial charge in [0.1, 0.15) is 0 Å². The molecule has 2 nitrogen and oxygen atoms in total. The molecule has 0 radical (unpaired) electrons. The molecule has 17 heavy (non-hydrogen) atoms. The maximum Gasteiger partial charge on any atom is 0.0205 e. The van der Waals surface area contributed by atoms with E-state index >= 15 is 0 Å².